The average molecular weight is 306 g/mol. The van der Waals surface area contributed by atoms with Crippen LogP contribution in [-0.4, -0.2) is 19.1 Å². The van der Waals surface area contributed by atoms with Crippen LogP contribution in [0.4, 0.5) is 0 Å². The minimum Gasteiger partial charge on any atom is -0.497 e. The van der Waals surface area contributed by atoms with Crippen LogP contribution >= 0.6 is 11.3 Å². The van der Waals surface area contributed by atoms with Gasteiger partial charge in [0.25, 0.3) is 0 Å². The van der Waals surface area contributed by atoms with Crippen LogP contribution in [0.3, 0.4) is 0 Å². The second-order valence-electron chi connectivity index (χ2n) is 5.07. The van der Waals surface area contributed by atoms with Crippen molar-refractivity contribution in [3.05, 3.63) is 39.8 Å². The summed E-state index contributed by atoms with van der Waals surface area (Å²) < 4.78 is 10.9. The summed E-state index contributed by atoms with van der Waals surface area (Å²) in [6, 6.07) is 7.60. The summed E-state index contributed by atoms with van der Waals surface area (Å²) in [6.45, 7) is 5.69. The molecule has 2 rings (SSSR count). The lowest BCUT2D eigenvalue weighted by atomic mass is 10.1. The van der Waals surface area contributed by atoms with E-state index in [0.29, 0.717) is 12.5 Å². The quantitative estimate of drug-likeness (QED) is 0.849. The van der Waals surface area contributed by atoms with Crippen LogP contribution in [0.15, 0.2) is 24.3 Å². The Kier molecular flexibility index (Phi) is 5.59. The van der Waals surface area contributed by atoms with Crippen LogP contribution in [0.1, 0.15) is 35.3 Å². The van der Waals surface area contributed by atoms with Gasteiger partial charge in [-0.1, -0.05) is 13.8 Å². The van der Waals surface area contributed by atoms with Crippen LogP contribution in [0.2, 0.25) is 0 Å². The zero-order valence-electron chi connectivity index (χ0n) is 13.0. The van der Waals surface area contributed by atoms with Gasteiger partial charge in [0.2, 0.25) is 0 Å². The van der Waals surface area contributed by atoms with Crippen molar-refractivity contribution in [2.45, 2.75) is 32.9 Å². The van der Waals surface area contributed by atoms with Crippen molar-refractivity contribution in [1.29, 1.82) is 0 Å². The minimum absolute atomic E-state index is 0.430. The molecule has 1 aromatic heterocycles. The molecule has 0 unspecified atom stereocenters. The molecule has 2 aromatic rings. The lowest BCUT2D eigenvalue weighted by Gasteiger charge is -2.05. The predicted octanol–water partition coefficient (Wildman–Crippen LogP) is 3.57. The van der Waals surface area contributed by atoms with E-state index in [2.05, 4.69) is 19.2 Å². The molecule has 0 atom stereocenters. The lowest BCUT2D eigenvalue weighted by Crippen LogP contribution is -2.06. The Labute approximate surface area is 130 Å². The largest absolute Gasteiger partial charge is 0.497 e. The molecule has 0 aliphatic rings. The van der Waals surface area contributed by atoms with Crippen molar-refractivity contribution in [2.75, 3.05) is 14.2 Å². The van der Waals surface area contributed by atoms with E-state index in [9.17, 15) is 0 Å². The Morgan fingerprint density at radius 3 is 2.43 bits per heavy atom. The maximum atomic E-state index is 5.79. The van der Waals surface area contributed by atoms with Crippen LogP contribution in [0, 0.1) is 0 Å². The first-order valence-electron chi connectivity index (χ1n) is 7.04. The van der Waals surface area contributed by atoms with Crippen molar-refractivity contribution in [1.82, 2.24) is 10.3 Å². The van der Waals surface area contributed by atoms with Crippen LogP contribution in [0.5, 0.6) is 11.5 Å². The first-order chi connectivity index (χ1) is 10.1. The number of thiazole rings is 1. The molecule has 1 heterocycles. The average Bonchev–Trinajstić information content (AvgIpc) is 2.89. The van der Waals surface area contributed by atoms with Crippen molar-refractivity contribution in [2.24, 2.45) is 0 Å². The predicted molar refractivity (Wildman–Crippen MR) is 86.3 cm³/mol. The van der Waals surface area contributed by atoms with E-state index in [4.69, 9.17) is 14.5 Å². The molecule has 5 heteroatoms. The fourth-order valence-electron chi connectivity index (χ4n) is 2.03. The van der Waals surface area contributed by atoms with Crippen LogP contribution in [0.25, 0.3) is 0 Å². The third-order valence-corrected chi connectivity index (χ3v) is 4.12. The lowest BCUT2D eigenvalue weighted by molar-refractivity contribution is 0.304. The van der Waals surface area contributed by atoms with Gasteiger partial charge in [0, 0.05) is 11.4 Å². The van der Waals surface area contributed by atoms with E-state index in [1.165, 1.54) is 10.6 Å². The van der Waals surface area contributed by atoms with Gasteiger partial charge in [-0.2, -0.15) is 0 Å². The highest BCUT2D eigenvalue weighted by Crippen LogP contribution is 2.26. The summed E-state index contributed by atoms with van der Waals surface area (Å²) in [4.78, 5) is 6.00. The number of hydrogen-bond acceptors (Lipinski definition) is 5. The smallest absolute Gasteiger partial charge is 0.140 e. The Hall–Kier alpha value is -1.59. The molecule has 0 aliphatic carbocycles. The van der Waals surface area contributed by atoms with Gasteiger partial charge in [-0.05, 0) is 37.2 Å². The van der Waals surface area contributed by atoms with Crippen LogP contribution < -0.4 is 14.8 Å². The molecule has 0 saturated carbocycles. The van der Waals surface area contributed by atoms with Gasteiger partial charge in [-0.25, -0.2) is 4.98 Å². The zero-order chi connectivity index (χ0) is 15.2. The molecule has 1 aromatic carbocycles. The summed E-state index contributed by atoms with van der Waals surface area (Å²) in [6.07, 6.45) is 0. The van der Waals surface area contributed by atoms with Gasteiger partial charge >= 0.3 is 0 Å². The Morgan fingerprint density at radius 1 is 1.19 bits per heavy atom. The summed E-state index contributed by atoms with van der Waals surface area (Å²) >= 11 is 1.72. The van der Waals surface area contributed by atoms with E-state index in [-0.39, 0.29) is 0 Å². The summed E-state index contributed by atoms with van der Waals surface area (Å²) in [5.41, 5.74) is 1.17. The summed E-state index contributed by atoms with van der Waals surface area (Å²) in [7, 11) is 3.61. The number of nitrogens with zero attached hydrogens (tertiary/aromatic N) is 1. The first kappa shape index (κ1) is 15.8. The van der Waals surface area contributed by atoms with Gasteiger partial charge in [-0.15, -0.1) is 11.3 Å². The fraction of sp³-hybridized carbons (Fsp3) is 0.438. The number of nitrogens with one attached hydrogen (secondary N) is 1. The summed E-state index contributed by atoms with van der Waals surface area (Å²) in [5.74, 6) is 2.08. The number of benzene rings is 1. The molecule has 0 spiro atoms. The Bertz CT molecular complexity index is 564. The standard InChI is InChI=1S/C16H22N2O2S/c1-11(2)16-14(9-17-3)21-15(18-16)10-20-13-7-5-12(19-4)6-8-13/h5-8,11,17H,9-10H2,1-4H3. The van der Waals surface area contributed by atoms with E-state index >= 15 is 0 Å². The van der Waals surface area contributed by atoms with E-state index in [1.807, 2.05) is 31.3 Å². The topological polar surface area (TPSA) is 43.4 Å². The molecule has 21 heavy (non-hydrogen) atoms. The highest BCUT2D eigenvalue weighted by atomic mass is 32.1. The molecule has 114 valence electrons. The minimum atomic E-state index is 0.430. The number of hydrogen-bond donors (Lipinski definition) is 1. The number of methoxy groups -OCH3 is 1. The van der Waals surface area contributed by atoms with Gasteiger partial charge in [0.05, 0.1) is 12.8 Å². The molecule has 1 N–H and O–H groups in total. The van der Waals surface area contributed by atoms with Gasteiger partial charge in [-0.3, -0.25) is 0 Å². The zero-order valence-corrected chi connectivity index (χ0v) is 13.8. The molecule has 0 amide bonds. The molecule has 4 nitrogen and oxygen atoms in total. The molecular weight excluding hydrogens is 284 g/mol. The Balaban J connectivity index is 2.03. The van der Waals surface area contributed by atoms with E-state index in [0.717, 1.165) is 23.1 Å². The van der Waals surface area contributed by atoms with Gasteiger partial charge in [0.1, 0.15) is 23.1 Å². The number of aromatic nitrogens is 1. The number of ether oxygens (including phenoxy) is 2. The van der Waals surface area contributed by atoms with Gasteiger partial charge < -0.3 is 14.8 Å². The summed E-state index contributed by atoms with van der Waals surface area (Å²) in [5, 5.41) is 4.21. The fourth-order valence-corrected chi connectivity index (χ4v) is 3.18. The van der Waals surface area contributed by atoms with E-state index < -0.39 is 0 Å². The second-order valence-corrected chi connectivity index (χ2v) is 6.23. The van der Waals surface area contributed by atoms with E-state index in [1.54, 1.807) is 18.4 Å². The maximum Gasteiger partial charge on any atom is 0.140 e. The first-order valence-corrected chi connectivity index (χ1v) is 7.85. The third-order valence-electron chi connectivity index (χ3n) is 3.08. The number of rotatable bonds is 7. The molecule has 0 fully saturated rings. The maximum absolute atomic E-state index is 5.79. The van der Waals surface area contributed by atoms with Gasteiger partial charge in [0.15, 0.2) is 0 Å². The van der Waals surface area contributed by atoms with Crippen LogP contribution in [-0.2, 0) is 13.2 Å². The highest BCUT2D eigenvalue weighted by molar-refractivity contribution is 7.11. The van der Waals surface area contributed by atoms with Crippen molar-refractivity contribution >= 4 is 11.3 Å². The molecule has 0 bridgehead atoms. The normalized spacial score (nSPS) is 10.9. The molecule has 0 saturated heterocycles. The monoisotopic (exact) mass is 306 g/mol. The highest BCUT2D eigenvalue weighted by Gasteiger charge is 2.13. The van der Waals surface area contributed by atoms with Crippen molar-refractivity contribution in [3.63, 3.8) is 0 Å². The molecule has 0 radical (unpaired) electrons. The Morgan fingerprint density at radius 2 is 1.86 bits per heavy atom. The SMILES string of the molecule is CNCc1sc(COc2ccc(OC)cc2)nc1C(C)C. The third kappa shape index (κ3) is 4.19. The van der Waals surface area contributed by atoms with Crippen molar-refractivity contribution < 1.29 is 9.47 Å². The molecule has 0 aliphatic heterocycles. The second kappa shape index (κ2) is 7.43. The van der Waals surface area contributed by atoms with Crippen molar-refractivity contribution in [3.8, 4) is 11.5 Å². The molecular formula is C16H22N2O2S.